The number of amides is 1. The van der Waals surface area contributed by atoms with Crippen LogP contribution in [0.1, 0.15) is 33.8 Å². The Morgan fingerprint density at radius 3 is 3.08 bits per heavy atom. The monoisotopic (exact) mass is 356 g/mol. The number of ether oxygens (including phenoxy) is 1. The van der Waals surface area contributed by atoms with E-state index in [1.807, 2.05) is 13.8 Å². The number of H-pyrrole nitrogens is 1. The van der Waals surface area contributed by atoms with Gasteiger partial charge in [0, 0.05) is 24.2 Å². The number of hydrogen-bond acceptors (Lipinski definition) is 6. The van der Waals surface area contributed by atoms with Gasteiger partial charge in [-0.2, -0.15) is 5.10 Å². The minimum atomic E-state index is -0.0570. The summed E-state index contributed by atoms with van der Waals surface area (Å²) in [6.07, 6.45) is 5.51. The number of nitrogens with zero attached hydrogens (tertiary/aromatic N) is 3. The van der Waals surface area contributed by atoms with E-state index in [1.54, 1.807) is 29.7 Å². The summed E-state index contributed by atoms with van der Waals surface area (Å²) in [5.41, 5.74) is 3.83. The lowest BCUT2D eigenvalue weighted by Gasteiger charge is -2.16. The Kier molecular flexibility index (Phi) is 4.34. The zero-order chi connectivity index (χ0) is 18.1. The van der Waals surface area contributed by atoms with Crippen LogP contribution in [0.4, 0.5) is 0 Å². The molecule has 1 fully saturated rings. The Labute approximate surface area is 150 Å². The number of carbonyl (C=O) groups is 1. The zero-order valence-electron chi connectivity index (χ0n) is 14.7. The van der Waals surface area contributed by atoms with Crippen LogP contribution in [0.25, 0.3) is 11.3 Å². The summed E-state index contributed by atoms with van der Waals surface area (Å²) in [5, 5.41) is 10.8. The van der Waals surface area contributed by atoms with Crippen molar-refractivity contribution < 1.29 is 18.5 Å². The van der Waals surface area contributed by atoms with E-state index in [2.05, 4.69) is 15.4 Å². The fraction of sp³-hybridized carbons (Fsp3) is 0.389. The largest absolute Gasteiger partial charge is 0.472 e. The lowest BCUT2D eigenvalue weighted by Crippen LogP contribution is -2.30. The number of aromatic amines is 1. The van der Waals surface area contributed by atoms with E-state index < -0.39 is 0 Å². The van der Waals surface area contributed by atoms with Gasteiger partial charge in [0.05, 0.1) is 48.4 Å². The predicted molar refractivity (Wildman–Crippen MR) is 91.4 cm³/mol. The maximum Gasteiger partial charge on any atom is 0.257 e. The number of aryl methyl sites for hydroxylation is 2. The predicted octanol–water partition coefficient (Wildman–Crippen LogP) is 2.71. The molecule has 3 aromatic heterocycles. The van der Waals surface area contributed by atoms with Gasteiger partial charge in [0.25, 0.3) is 5.91 Å². The SMILES string of the molecule is Cc1noc(C)c1COC1CCN(C(=O)c2cn[nH]c2-c2ccoc2)C1. The number of hydrogen-bond donors (Lipinski definition) is 1. The second-order valence-corrected chi connectivity index (χ2v) is 6.45. The molecule has 0 aromatic carbocycles. The molecule has 0 saturated carbocycles. The lowest BCUT2D eigenvalue weighted by molar-refractivity contribution is 0.0430. The third kappa shape index (κ3) is 3.03. The third-order valence-electron chi connectivity index (χ3n) is 4.76. The van der Waals surface area contributed by atoms with E-state index in [1.165, 1.54) is 0 Å². The first-order valence-corrected chi connectivity index (χ1v) is 8.52. The van der Waals surface area contributed by atoms with Gasteiger partial charge < -0.3 is 18.6 Å². The van der Waals surface area contributed by atoms with Crippen molar-refractivity contribution in [2.45, 2.75) is 33.0 Å². The molecule has 1 atom stereocenters. The minimum absolute atomic E-state index is 0.00285. The van der Waals surface area contributed by atoms with E-state index in [4.69, 9.17) is 13.7 Å². The number of nitrogens with one attached hydrogen (secondary N) is 1. The molecule has 0 spiro atoms. The van der Waals surface area contributed by atoms with E-state index in [9.17, 15) is 4.79 Å². The third-order valence-corrected chi connectivity index (χ3v) is 4.76. The fourth-order valence-electron chi connectivity index (χ4n) is 3.20. The molecule has 136 valence electrons. The van der Waals surface area contributed by atoms with Crippen molar-refractivity contribution in [1.82, 2.24) is 20.3 Å². The average Bonchev–Trinajstić information content (AvgIpc) is 3.41. The Hall–Kier alpha value is -2.87. The molecule has 0 radical (unpaired) electrons. The van der Waals surface area contributed by atoms with Crippen LogP contribution in [-0.2, 0) is 11.3 Å². The highest BCUT2D eigenvalue weighted by Crippen LogP contribution is 2.25. The van der Waals surface area contributed by atoms with Crippen molar-refractivity contribution in [3.8, 4) is 11.3 Å². The van der Waals surface area contributed by atoms with Gasteiger partial charge in [-0.15, -0.1) is 0 Å². The van der Waals surface area contributed by atoms with E-state index in [0.717, 1.165) is 29.0 Å². The molecule has 0 bridgehead atoms. The normalized spacial score (nSPS) is 17.2. The first kappa shape index (κ1) is 16.6. The quantitative estimate of drug-likeness (QED) is 0.755. The molecular formula is C18H20N4O4. The summed E-state index contributed by atoms with van der Waals surface area (Å²) in [7, 11) is 0. The van der Waals surface area contributed by atoms with Gasteiger partial charge in [-0.05, 0) is 26.3 Å². The summed E-state index contributed by atoms with van der Waals surface area (Å²) in [5.74, 6) is 0.718. The van der Waals surface area contributed by atoms with E-state index in [0.29, 0.717) is 31.0 Å². The van der Waals surface area contributed by atoms with Crippen molar-refractivity contribution in [3.63, 3.8) is 0 Å². The molecule has 1 saturated heterocycles. The van der Waals surface area contributed by atoms with Crippen molar-refractivity contribution in [3.05, 3.63) is 47.4 Å². The van der Waals surface area contributed by atoms with Gasteiger partial charge in [-0.1, -0.05) is 5.16 Å². The van der Waals surface area contributed by atoms with Gasteiger partial charge in [-0.3, -0.25) is 9.89 Å². The van der Waals surface area contributed by atoms with Crippen molar-refractivity contribution in [2.24, 2.45) is 0 Å². The van der Waals surface area contributed by atoms with Crippen LogP contribution >= 0.6 is 0 Å². The summed E-state index contributed by atoms with van der Waals surface area (Å²) in [6.45, 7) is 5.43. The zero-order valence-corrected chi connectivity index (χ0v) is 14.7. The fourth-order valence-corrected chi connectivity index (χ4v) is 3.20. The van der Waals surface area contributed by atoms with Gasteiger partial charge in [0.2, 0.25) is 0 Å². The number of furan rings is 1. The highest BCUT2D eigenvalue weighted by molar-refractivity contribution is 5.99. The second-order valence-electron chi connectivity index (χ2n) is 6.45. The Morgan fingerprint density at radius 2 is 2.35 bits per heavy atom. The second kappa shape index (κ2) is 6.80. The van der Waals surface area contributed by atoms with Gasteiger partial charge in [-0.25, -0.2) is 0 Å². The molecule has 1 unspecified atom stereocenters. The van der Waals surface area contributed by atoms with Gasteiger partial charge in [0.15, 0.2) is 0 Å². The number of rotatable bonds is 5. The maximum absolute atomic E-state index is 12.9. The van der Waals surface area contributed by atoms with Crippen molar-refractivity contribution >= 4 is 5.91 Å². The molecule has 1 aliphatic rings. The Morgan fingerprint density at radius 1 is 1.46 bits per heavy atom. The van der Waals surface area contributed by atoms with Crippen LogP contribution in [0.15, 0.2) is 33.7 Å². The van der Waals surface area contributed by atoms with E-state index >= 15 is 0 Å². The summed E-state index contributed by atoms with van der Waals surface area (Å²) < 4.78 is 16.2. The van der Waals surface area contributed by atoms with Crippen LogP contribution in [0, 0.1) is 13.8 Å². The molecule has 8 nitrogen and oxygen atoms in total. The first-order valence-electron chi connectivity index (χ1n) is 8.52. The molecule has 26 heavy (non-hydrogen) atoms. The number of aromatic nitrogens is 3. The maximum atomic E-state index is 12.9. The molecule has 4 heterocycles. The molecule has 1 N–H and O–H groups in total. The number of carbonyl (C=O) groups excluding carboxylic acids is 1. The van der Waals surface area contributed by atoms with Crippen LogP contribution < -0.4 is 0 Å². The molecular weight excluding hydrogens is 336 g/mol. The average molecular weight is 356 g/mol. The molecule has 1 amide bonds. The molecule has 8 heteroatoms. The summed E-state index contributed by atoms with van der Waals surface area (Å²) in [6, 6.07) is 1.80. The Balaban J connectivity index is 1.40. The minimum Gasteiger partial charge on any atom is -0.472 e. The molecule has 0 aliphatic carbocycles. The lowest BCUT2D eigenvalue weighted by atomic mass is 10.1. The van der Waals surface area contributed by atoms with Gasteiger partial charge >= 0.3 is 0 Å². The Bertz CT molecular complexity index is 877. The van der Waals surface area contributed by atoms with Crippen LogP contribution in [-0.4, -0.2) is 45.4 Å². The van der Waals surface area contributed by atoms with Crippen LogP contribution in [0.3, 0.4) is 0 Å². The smallest absolute Gasteiger partial charge is 0.257 e. The highest BCUT2D eigenvalue weighted by atomic mass is 16.5. The molecule has 1 aliphatic heterocycles. The number of likely N-dealkylation sites (tertiary alicyclic amines) is 1. The van der Waals surface area contributed by atoms with Crippen LogP contribution in [0.2, 0.25) is 0 Å². The highest BCUT2D eigenvalue weighted by Gasteiger charge is 2.30. The standard InChI is InChI=1S/C18H20N4O4/c1-11-16(12(2)26-21-11)10-25-14-3-5-22(8-14)18(23)15-7-19-20-17(15)13-4-6-24-9-13/h4,6-7,9,14H,3,5,8,10H2,1-2H3,(H,19,20). The molecule has 3 aromatic rings. The van der Waals surface area contributed by atoms with Crippen molar-refractivity contribution in [2.75, 3.05) is 13.1 Å². The van der Waals surface area contributed by atoms with E-state index in [-0.39, 0.29) is 12.0 Å². The van der Waals surface area contributed by atoms with Gasteiger partial charge in [0.1, 0.15) is 5.76 Å². The van der Waals surface area contributed by atoms with Crippen molar-refractivity contribution in [1.29, 1.82) is 0 Å². The summed E-state index contributed by atoms with van der Waals surface area (Å²) in [4.78, 5) is 14.7. The molecule has 4 rings (SSSR count). The van der Waals surface area contributed by atoms with Crippen LogP contribution in [0.5, 0.6) is 0 Å². The first-order chi connectivity index (χ1) is 12.6. The topological polar surface area (TPSA) is 97.4 Å². The summed E-state index contributed by atoms with van der Waals surface area (Å²) >= 11 is 0.